The van der Waals surface area contributed by atoms with Crippen LogP contribution in [-0.4, -0.2) is 56.4 Å². The molecule has 2 fully saturated rings. The third kappa shape index (κ3) is 4.13. The van der Waals surface area contributed by atoms with Crippen LogP contribution in [0.15, 0.2) is 30.5 Å². The highest BCUT2D eigenvalue weighted by Gasteiger charge is 2.27. The van der Waals surface area contributed by atoms with E-state index in [4.69, 9.17) is 0 Å². The number of aromatic nitrogens is 3. The van der Waals surface area contributed by atoms with Crippen LogP contribution in [0.25, 0.3) is 5.69 Å². The van der Waals surface area contributed by atoms with Crippen molar-refractivity contribution >= 4 is 11.6 Å². The number of hydrogen-bond donors (Lipinski definition) is 1. The van der Waals surface area contributed by atoms with E-state index in [-0.39, 0.29) is 17.3 Å². The maximum absolute atomic E-state index is 12.7. The van der Waals surface area contributed by atoms with Gasteiger partial charge in [-0.15, -0.1) is 5.10 Å². The van der Waals surface area contributed by atoms with Gasteiger partial charge in [0.25, 0.3) is 11.6 Å². The van der Waals surface area contributed by atoms with Gasteiger partial charge in [0.2, 0.25) is 0 Å². The second kappa shape index (κ2) is 7.43. The lowest BCUT2D eigenvalue weighted by atomic mass is 10.0. The first-order chi connectivity index (χ1) is 13.1. The Kier molecular flexibility index (Phi) is 4.85. The van der Waals surface area contributed by atoms with Crippen molar-refractivity contribution in [2.45, 2.75) is 31.7 Å². The molecule has 4 rings (SSSR count). The first-order valence-electron chi connectivity index (χ1n) is 9.30. The number of nitro groups is 1. The van der Waals surface area contributed by atoms with Crippen LogP contribution in [0.1, 0.15) is 36.2 Å². The number of piperidine rings is 1. The number of amides is 1. The molecule has 1 N–H and O–H groups in total. The van der Waals surface area contributed by atoms with E-state index in [0.29, 0.717) is 24.8 Å². The Labute approximate surface area is 156 Å². The number of rotatable bonds is 6. The van der Waals surface area contributed by atoms with E-state index < -0.39 is 4.92 Å². The number of nitrogens with one attached hydrogen (secondary N) is 1. The molecule has 142 valence electrons. The predicted octanol–water partition coefficient (Wildman–Crippen LogP) is 1.78. The van der Waals surface area contributed by atoms with Crippen molar-refractivity contribution in [3.8, 4) is 5.69 Å². The number of likely N-dealkylation sites (tertiary alicyclic amines) is 1. The molecule has 0 atom stereocenters. The summed E-state index contributed by atoms with van der Waals surface area (Å²) in [6, 6.07) is 6.56. The van der Waals surface area contributed by atoms with Gasteiger partial charge in [0.1, 0.15) is 0 Å². The molecule has 1 aliphatic carbocycles. The quantitative estimate of drug-likeness (QED) is 0.614. The average molecular weight is 370 g/mol. The third-order valence-electron chi connectivity index (χ3n) is 5.19. The van der Waals surface area contributed by atoms with E-state index in [9.17, 15) is 14.9 Å². The van der Waals surface area contributed by atoms with Gasteiger partial charge in [-0.1, -0.05) is 11.3 Å². The molecule has 9 nitrogen and oxygen atoms in total. The number of non-ortho nitro benzene ring substituents is 1. The first kappa shape index (κ1) is 17.6. The Bertz CT molecular complexity index is 839. The third-order valence-corrected chi connectivity index (χ3v) is 5.19. The highest BCUT2D eigenvalue weighted by Crippen LogP contribution is 2.28. The number of carbonyl (C=O) groups is 1. The topological polar surface area (TPSA) is 106 Å². The highest BCUT2D eigenvalue weighted by atomic mass is 16.6. The van der Waals surface area contributed by atoms with Crippen LogP contribution >= 0.6 is 0 Å². The van der Waals surface area contributed by atoms with Crippen molar-refractivity contribution in [1.29, 1.82) is 0 Å². The standard InChI is InChI=1S/C18H22N6O3/c25-18(22-8-6-14(7-9-22)19-11-13-4-5-13)17-12-23(21-20-17)15-2-1-3-16(10-15)24(26)27/h1-3,10,12-14,19H,4-9,11H2. The summed E-state index contributed by atoms with van der Waals surface area (Å²) in [4.78, 5) is 24.9. The molecule has 2 aromatic rings. The van der Waals surface area contributed by atoms with Crippen LogP contribution < -0.4 is 5.32 Å². The van der Waals surface area contributed by atoms with E-state index in [1.807, 2.05) is 0 Å². The molecule has 27 heavy (non-hydrogen) atoms. The minimum atomic E-state index is -0.464. The summed E-state index contributed by atoms with van der Waals surface area (Å²) in [5, 5.41) is 22.4. The number of nitro benzene ring substituents is 1. The smallest absolute Gasteiger partial charge is 0.276 e. The van der Waals surface area contributed by atoms with Crippen molar-refractivity contribution in [3.63, 3.8) is 0 Å². The van der Waals surface area contributed by atoms with Crippen LogP contribution in [0.2, 0.25) is 0 Å². The van der Waals surface area contributed by atoms with E-state index in [0.717, 1.165) is 25.3 Å². The van der Waals surface area contributed by atoms with Gasteiger partial charge in [0.15, 0.2) is 5.69 Å². The number of carbonyl (C=O) groups excluding carboxylic acids is 1. The monoisotopic (exact) mass is 370 g/mol. The van der Waals surface area contributed by atoms with E-state index in [2.05, 4.69) is 15.6 Å². The fourth-order valence-electron chi connectivity index (χ4n) is 3.34. The Morgan fingerprint density at radius 1 is 1.26 bits per heavy atom. The Hall–Kier alpha value is -2.81. The van der Waals surface area contributed by atoms with Crippen LogP contribution in [0.5, 0.6) is 0 Å². The van der Waals surface area contributed by atoms with Crippen LogP contribution in [0.4, 0.5) is 5.69 Å². The molecule has 2 aliphatic rings. The second-order valence-electron chi connectivity index (χ2n) is 7.24. The first-order valence-corrected chi connectivity index (χ1v) is 9.30. The molecule has 1 aromatic carbocycles. The molecule has 0 unspecified atom stereocenters. The number of benzene rings is 1. The van der Waals surface area contributed by atoms with E-state index in [1.54, 1.807) is 17.0 Å². The van der Waals surface area contributed by atoms with Crippen molar-refractivity contribution < 1.29 is 9.72 Å². The normalized spacial score (nSPS) is 17.9. The van der Waals surface area contributed by atoms with Crippen molar-refractivity contribution in [3.05, 3.63) is 46.3 Å². The maximum atomic E-state index is 12.7. The van der Waals surface area contributed by atoms with Crippen molar-refractivity contribution in [2.24, 2.45) is 5.92 Å². The molecule has 0 bridgehead atoms. The van der Waals surface area contributed by atoms with Gasteiger partial charge in [0.05, 0.1) is 16.8 Å². The summed E-state index contributed by atoms with van der Waals surface area (Å²) in [6.07, 6.45) is 6.09. The van der Waals surface area contributed by atoms with Crippen LogP contribution in [-0.2, 0) is 0 Å². The molecule has 0 spiro atoms. The van der Waals surface area contributed by atoms with E-state index in [1.165, 1.54) is 35.9 Å². The summed E-state index contributed by atoms with van der Waals surface area (Å²) >= 11 is 0. The Balaban J connectivity index is 1.37. The van der Waals surface area contributed by atoms with Gasteiger partial charge in [0, 0.05) is 31.3 Å². The van der Waals surface area contributed by atoms with Crippen LogP contribution in [0, 0.1) is 16.0 Å². The molecule has 9 heteroatoms. The molecular weight excluding hydrogens is 348 g/mol. The summed E-state index contributed by atoms with van der Waals surface area (Å²) in [6.45, 7) is 2.49. The Morgan fingerprint density at radius 3 is 2.74 bits per heavy atom. The summed E-state index contributed by atoms with van der Waals surface area (Å²) in [7, 11) is 0. The zero-order valence-electron chi connectivity index (χ0n) is 15.0. The Morgan fingerprint density at radius 2 is 2.04 bits per heavy atom. The zero-order valence-corrected chi connectivity index (χ0v) is 15.0. The van der Waals surface area contributed by atoms with E-state index >= 15 is 0 Å². The van der Waals surface area contributed by atoms with Gasteiger partial charge in [-0.05, 0) is 44.2 Å². The molecule has 1 amide bonds. The maximum Gasteiger partial charge on any atom is 0.276 e. The number of hydrogen-bond acceptors (Lipinski definition) is 6. The van der Waals surface area contributed by atoms with Crippen LogP contribution in [0.3, 0.4) is 0 Å². The second-order valence-corrected chi connectivity index (χ2v) is 7.24. The minimum Gasteiger partial charge on any atom is -0.337 e. The fraction of sp³-hybridized carbons (Fsp3) is 0.500. The number of nitrogens with zero attached hydrogens (tertiary/aromatic N) is 5. The molecule has 0 radical (unpaired) electrons. The summed E-state index contributed by atoms with van der Waals surface area (Å²) in [5.41, 5.74) is 0.723. The summed E-state index contributed by atoms with van der Waals surface area (Å²) < 4.78 is 1.39. The zero-order chi connectivity index (χ0) is 18.8. The minimum absolute atomic E-state index is 0.0309. The van der Waals surface area contributed by atoms with Gasteiger partial charge in [-0.3, -0.25) is 14.9 Å². The molecule has 1 aromatic heterocycles. The predicted molar refractivity (Wildman–Crippen MR) is 97.7 cm³/mol. The molecular formula is C18H22N6O3. The van der Waals surface area contributed by atoms with Crippen molar-refractivity contribution in [1.82, 2.24) is 25.2 Å². The lowest BCUT2D eigenvalue weighted by Crippen LogP contribution is -2.45. The molecule has 2 heterocycles. The largest absolute Gasteiger partial charge is 0.337 e. The van der Waals surface area contributed by atoms with Gasteiger partial charge in [-0.2, -0.15) is 0 Å². The average Bonchev–Trinajstić information content (AvgIpc) is 3.40. The molecule has 1 aliphatic heterocycles. The molecule has 1 saturated carbocycles. The highest BCUT2D eigenvalue weighted by molar-refractivity contribution is 5.92. The lowest BCUT2D eigenvalue weighted by molar-refractivity contribution is -0.384. The fourth-order valence-corrected chi connectivity index (χ4v) is 3.34. The van der Waals surface area contributed by atoms with Gasteiger partial charge in [-0.25, -0.2) is 4.68 Å². The molecule has 1 saturated heterocycles. The van der Waals surface area contributed by atoms with Gasteiger partial charge < -0.3 is 10.2 Å². The van der Waals surface area contributed by atoms with Crippen molar-refractivity contribution in [2.75, 3.05) is 19.6 Å². The summed E-state index contributed by atoms with van der Waals surface area (Å²) in [5.74, 6) is 0.709. The SMILES string of the molecule is O=C(c1cn(-c2cccc([N+](=O)[O-])c2)nn1)N1CCC(NCC2CC2)CC1. The lowest BCUT2D eigenvalue weighted by Gasteiger charge is -2.32. The van der Waals surface area contributed by atoms with Gasteiger partial charge >= 0.3 is 0 Å².